The first-order valence-corrected chi connectivity index (χ1v) is 7.49. The predicted molar refractivity (Wildman–Crippen MR) is 67.1 cm³/mol. The minimum Gasteiger partial charge on any atom is -0.334 e. The van der Waals surface area contributed by atoms with E-state index < -0.39 is 9.84 Å². The highest BCUT2D eigenvalue weighted by Gasteiger charge is 2.13. The van der Waals surface area contributed by atoms with Gasteiger partial charge in [-0.25, -0.2) is 8.42 Å². The molecule has 18 heavy (non-hydrogen) atoms. The molecule has 1 heterocycles. The van der Waals surface area contributed by atoms with Gasteiger partial charge in [-0.1, -0.05) is 5.16 Å². The number of aromatic nitrogens is 2. The van der Waals surface area contributed by atoms with Gasteiger partial charge in [0.25, 0.3) is 5.89 Å². The predicted octanol–water partition coefficient (Wildman–Crippen LogP) is 2.44. The molecule has 0 N–H and O–H groups in total. The lowest BCUT2D eigenvalue weighted by molar-refractivity contribution is 0.422. The Bertz CT molecular complexity index is 647. The average molecular weight is 287 g/mol. The molecule has 1 aromatic heterocycles. The van der Waals surface area contributed by atoms with E-state index in [9.17, 15) is 8.42 Å². The van der Waals surface area contributed by atoms with Crippen LogP contribution in [0.15, 0.2) is 33.7 Å². The quantitative estimate of drug-likeness (QED) is 0.810. The molecule has 0 amide bonds. The normalized spacial score (nSPS) is 13.5. The Hall–Kier alpha value is -1.40. The first kappa shape index (κ1) is 13.0. The van der Waals surface area contributed by atoms with Gasteiger partial charge in [-0.15, -0.1) is 11.6 Å². The number of alkyl halides is 1. The zero-order chi connectivity index (χ0) is 13.3. The van der Waals surface area contributed by atoms with Crippen LogP contribution >= 0.6 is 11.6 Å². The molecule has 0 bridgehead atoms. The van der Waals surface area contributed by atoms with Gasteiger partial charge < -0.3 is 4.52 Å². The molecule has 0 aliphatic heterocycles. The van der Waals surface area contributed by atoms with Gasteiger partial charge in [0.05, 0.1) is 10.3 Å². The highest BCUT2D eigenvalue weighted by atomic mass is 35.5. The second kappa shape index (κ2) is 4.70. The van der Waals surface area contributed by atoms with Crippen LogP contribution in [0.4, 0.5) is 0 Å². The van der Waals surface area contributed by atoms with Crippen LogP contribution in [0.3, 0.4) is 0 Å². The molecule has 0 fully saturated rings. The molecular formula is C11H11ClN2O3S. The number of benzene rings is 1. The van der Waals surface area contributed by atoms with Crippen molar-refractivity contribution in [3.63, 3.8) is 0 Å². The van der Waals surface area contributed by atoms with Crippen LogP contribution in [-0.2, 0) is 9.84 Å². The van der Waals surface area contributed by atoms with E-state index in [0.717, 1.165) is 6.26 Å². The summed E-state index contributed by atoms with van der Waals surface area (Å²) in [6.45, 7) is 1.74. The molecule has 7 heteroatoms. The molecule has 1 unspecified atom stereocenters. The monoisotopic (exact) mass is 286 g/mol. The SMILES string of the molecule is CC(Cl)c1noc(-c2ccc(S(C)(=O)=O)cc2)n1. The molecule has 0 saturated carbocycles. The van der Waals surface area contributed by atoms with E-state index in [-0.39, 0.29) is 10.3 Å². The van der Waals surface area contributed by atoms with E-state index in [2.05, 4.69) is 10.1 Å². The van der Waals surface area contributed by atoms with Gasteiger partial charge in [0.2, 0.25) is 0 Å². The molecular weight excluding hydrogens is 276 g/mol. The Morgan fingerprint density at radius 3 is 2.33 bits per heavy atom. The summed E-state index contributed by atoms with van der Waals surface area (Å²) in [6.07, 6.45) is 1.15. The smallest absolute Gasteiger partial charge is 0.257 e. The third-order valence-electron chi connectivity index (χ3n) is 2.33. The van der Waals surface area contributed by atoms with E-state index in [0.29, 0.717) is 17.3 Å². The van der Waals surface area contributed by atoms with Crippen LogP contribution in [-0.4, -0.2) is 24.8 Å². The first-order valence-electron chi connectivity index (χ1n) is 5.16. The molecule has 5 nitrogen and oxygen atoms in total. The minimum absolute atomic E-state index is 0.247. The van der Waals surface area contributed by atoms with E-state index in [1.54, 1.807) is 19.1 Å². The highest BCUT2D eigenvalue weighted by molar-refractivity contribution is 7.90. The van der Waals surface area contributed by atoms with Gasteiger partial charge in [0, 0.05) is 11.8 Å². The van der Waals surface area contributed by atoms with Crippen molar-refractivity contribution in [2.24, 2.45) is 0 Å². The van der Waals surface area contributed by atoms with Crippen molar-refractivity contribution in [2.45, 2.75) is 17.2 Å². The average Bonchev–Trinajstić information content (AvgIpc) is 2.77. The number of hydrogen-bond acceptors (Lipinski definition) is 5. The van der Waals surface area contributed by atoms with Crippen LogP contribution in [0.25, 0.3) is 11.5 Å². The van der Waals surface area contributed by atoms with E-state index in [4.69, 9.17) is 16.1 Å². The standard InChI is InChI=1S/C11H11ClN2O3S/c1-7(12)10-13-11(17-14-10)8-3-5-9(6-4-8)18(2,15)16/h3-7H,1-2H3. The fourth-order valence-electron chi connectivity index (χ4n) is 1.36. The van der Waals surface area contributed by atoms with Gasteiger partial charge >= 0.3 is 0 Å². The number of hydrogen-bond donors (Lipinski definition) is 0. The summed E-state index contributed by atoms with van der Waals surface area (Å²) in [5, 5.41) is 3.39. The molecule has 0 spiro atoms. The Morgan fingerprint density at radius 1 is 1.28 bits per heavy atom. The van der Waals surface area contributed by atoms with E-state index in [1.165, 1.54) is 12.1 Å². The molecule has 0 radical (unpaired) electrons. The molecule has 2 rings (SSSR count). The van der Waals surface area contributed by atoms with Crippen molar-refractivity contribution in [3.05, 3.63) is 30.1 Å². The maximum Gasteiger partial charge on any atom is 0.257 e. The van der Waals surface area contributed by atoms with Crippen LogP contribution in [0.5, 0.6) is 0 Å². The van der Waals surface area contributed by atoms with Crippen molar-refractivity contribution in [1.82, 2.24) is 10.1 Å². The Morgan fingerprint density at radius 2 is 1.89 bits per heavy atom. The summed E-state index contributed by atoms with van der Waals surface area (Å²) in [5.74, 6) is 0.719. The Labute approximate surface area is 110 Å². The van der Waals surface area contributed by atoms with Gasteiger partial charge in [-0.3, -0.25) is 0 Å². The lowest BCUT2D eigenvalue weighted by Gasteiger charge is -1.98. The summed E-state index contributed by atoms with van der Waals surface area (Å²) < 4.78 is 27.7. The van der Waals surface area contributed by atoms with Gasteiger partial charge in [0.1, 0.15) is 0 Å². The molecule has 1 aromatic carbocycles. The second-order valence-corrected chi connectivity index (χ2v) is 6.54. The Kier molecular flexibility index (Phi) is 3.41. The third-order valence-corrected chi connectivity index (χ3v) is 3.65. The summed E-state index contributed by atoms with van der Waals surface area (Å²) in [6, 6.07) is 6.23. The zero-order valence-corrected chi connectivity index (χ0v) is 11.4. The lowest BCUT2D eigenvalue weighted by atomic mass is 10.2. The van der Waals surface area contributed by atoms with Crippen molar-refractivity contribution in [1.29, 1.82) is 0 Å². The van der Waals surface area contributed by atoms with Gasteiger partial charge in [-0.2, -0.15) is 4.98 Å². The number of nitrogens with zero attached hydrogens (tertiary/aromatic N) is 2. The van der Waals surface area contributed by atoms with Crippen LogP contribution in [0.1, 0.15) is 18.1 Å². The van der Waals surface area contributed by atoms with Gasteiger partial charge in [-0.05, 0) is 31.2 Å². The third kappa shape index (κ3) is 2.70. The van der Waals surface area contributed by atoms with E-state index in [1.807, 2.05) is 0 Å². The summed E-state index contributed by atoms with van der Waals surface area (Å²) in [4.78, 5) is 4.36. The van der Waals surface area contributed by atoms with Gasteiger partial charge in [0.15, 0.2) is 15.7 Å². The topological polar surface area (TPSA) is 73.1 Å². The molecule has 0 aliphatic carbocycles. The number of rotatable bonds is 3. The van der Waals surface area contributed by atoms with Crippen molar-refractivity contribution in [2.75, 3.05) is 6.26 Å². The summed E-state index contributed by atoms with van der Waals surface area (Å²) in [5.41, 5.74) is 0.651. The van der Waals surface area contributed by atoms with Crippen LogP contribution in [0.2, 0.25) is 0 Å². The minimum atomic E-state index is -3.20. The van der Waals surface area contributed by atoms with Crippen LogP contribution in [0, 0.1) is 0 Å². The first-order chi connectivity index (χ1) is 8.38. The van der Waals surface area contributed by atoms with E-state index >= 15 is 0 Å². The number of sulfone groups is 1. The summed E-state index contributed by atoms with van der Waals surface area (Å²) in [7, 11) is -3.20. The summed E-state index contributed by atoms with van der Waals surface area (Å²) >= 11 is 5.82. The van der Waals surface area contributed by atoms with Crippen molar-refractivity contribution < 1.29 is 12.9 Å². The lowest BCUT2D eigenvalue weighted by Crippen LogP contribution is -1.96. The highest BCUT2D eigenvalue weighted by Crippen LogP contribution is 2.23. The number of halogens is 1. The maximum absolute atomic E-state index is 11.3. The van der Waals surface area contributed by atoms with Crippen molar-refractivity contribution >= 4 is 21.4 Å². The maximum atomic E-state index is 11.3. The zero-order valence-electron chi connectivity index (χ0n) is 9.79. The van der Waals surface area contributed by atoms with Crippen molar-refractivity contribution in [3.8, 4) is 11.5 Å². The largest absolute Gasteiger partial charge is 0.334 e. The second-order valence-electron chi connectivity index (χ2n) is 3.87. The van der Waals surface area contributed by atoms with Crippen LogP contribution < -0.4 is 0 Å². The molecule has 0 saturated heterocycles. The fourth-order valence-corrected chi connectivity index (χ4v) is 2.08. The fraction of sp³-hybridized carbons (Fsp3) is 0.273. The molecule has 96 valence electrons. The molecule has 1 atom stereocenters. The molecule has 0 aliphatic rings. The Balaban J connectivity index is 2.34. The molecule has 2 aromatic rings.